The maximum absolute atomic E-state index is 13.1. The Morgan fingerprint density at radius 2 is 0.643 bits per heavy atom. The van der Waals surface area contributed by atoms with Gasteiger partial charge < -0.3 is 20.4 Å². The molecule has 0 amide bonds. The van der Waals surface area contributed by atoms with Gasteiger partial charge in [0, 0.05) is 0 Å². The van der Waals surface area contributed by atoms with Crippen LogP contribution in [0.4, 0.5) is 0 Å². The first kappa shape index (κ1) is 29.6. The van der Waals surface area contributed by atoms with E-state index in [0.717, 1.165) is 36.4 Å². The Hall–Kier alpha value is -5.34. The van der Waals surface area contributed by atoms with Crippen LogP contribution in [0.1, 0.15) is 41.4 Å². The normalized spacial score (nSPS) is 11.5. The van der Waals surface area contributed by atoms with Crippen molar-refractivity contribution in [3.63, 3.8) is 0 Å². The van der Waals surface area contributed by atoms with E-state index >= 15 is 0 Å². The van der Waals surface area contributed by atoms with E-state index in [1.807, 2.05) is 0 Å². The first-order valence-electron chi connectivity index (χ1n) is 11.6. The molecule has 0 aromatic heterocycles. The molecule has 0 aliphatic heterocycles. The molecule has 0 spiro atoms. The van der Waals surface area contributed by atoms with Gasteiger partial charge in [-0.1, -0.05) is 24.3 Å². The van der Waals surface area contributed by atoms with Crippen LogP contribution in [0.25, 0.3) is 11.1 Å². The van der Waals surface area contributed by atoms with Gasteiger partial charge in [-0.15, -0.1) is 0 Å². The fourth-order valence-corrected chi connectivity index (χ4v) is 6.61. The highest BCUT2D eigenvalue weighted by atomic mass is 32.2. The first-order chi connectivity index (χ1) is 19.6. The summed E-state index contributed by atoms with van der Waals surface area (Å²) in [6, 6.07) is 16.0. The van der Waals surface area contributed by atoms with Crippen LogP contribution in [0.15, 0.2) is 105 Å². The molecule has 4 rings (SSSR count). The van der Waals surface area contributed by atoms with E-state index in [4.69, 9.17) is 10.2 Å². The summed E-state index contributed by atoms with van der Waals surface area (Å²) in [6.45, 7) is 0. The summed E-state index contributed by atoms with van der Waals surface area (Å²) in [5.41, 5.74) is -1.53. The van der Waals surface area contributed by atoms with Gasteiger partial charge >= 0.3 is 23.9 Å². The maximum Gasteiger partial charge on any atom is 0.336 e. The third kappa shape index (κ3) is 5.48. The average molecular weight is 611 g/mol. The fourth-order valence-electron chi connectivity index (χ4n) is 4.03. The Morgan fingerprint density at radius 1 is 0.381 bits per heavy atom. The van der Waals surface area contributed by atoms with Gasteiger partial charge in [-0.3, -0.25) is 0 Å². The molecule has 4 aromatic rings. The molecule has 4 aromatic carbocycles. The SMILES string of the molecule is O=C(O)c1ccc(S(=O)(=O)c2ccc(-c3ccc(S(=O)(=O)c4ccc(C(=O)O)c(C(=O)O)c4)cc3)cc2)cc1C(=O)O. The zero-order valence-corrected chi connectivity index (χ0v) is 22.6. The summed E-state index contributed by atoms with van der Waals surface area (Å²) in [7, 11) is -8.45. The van der Waals surface area contributed by atoms with Crippen molar-refractivity contribution in [2.75, 3.05) is 0 Å². The Kier molecular flexibility index (Phi) is 7.70. The van der Waals surface area contributed by atoms with E-state index in [9.17, 15) is 46.2 Å². The van der Waals surface area contributed by atoms with Crippen molar-refractivity contribution < 1.29 is 56.4 Å². The number of sulfone groups is 2. The number of aromatic carboxylic acids is 4. The van der Waals surface area contributed by atoms with Crippen molar-refractivity contribution in [3.8, 4) is 11.1 Å². The second-order valence-corrected chi connectivity index (χ2v) is 12.6. The van der Waals surface area contributed by atoms with E-state index in [0.29, 0.717) is 11.1 Å². The number of hydrogen-bond acceptors (Lipinski definition) is 8. The Morgan fingerprint density at radius 3 is 0.905 bits per heavy atom. The predicted octanol–water partition coefficient (Wildman–Crippen LogP) is 3.81. The smallest absolute Gasteiger partial charge is 0.336 e. The van der Waals surface area contributed by atoms with Gasteiger partial charge in [0.15, 0.2) is 0 Å². The highest BCUT2D eigenvalue weighted by molar-refractivity contribution is 7.91. The molecule has 0 bridgehead atoms. The molecule has 0 unspecified atom stereocenters. The van der Waals surface area contributed by atoms with Gasteiger partial charge in [0.1, 0.15) is 0 Å². The van der Waals surface area contributed by atoms with Gasteiger partial charge in [-0.2, -0.15) is 0 Å². The van der Waals surface area contributed by atoms with Crippen molar-refractivity contribution in [1.29, 1.82) is 0 Å². The van der Waals surface area contributed by atoms with Crippen molar-refractivity contribution in [3.05, 3.63) is 107 Å². The lowest BCUT2D eigenvalue weighted by Crippen LogP contribution is -2.11. The van der Waals surface area contributed by atoms with Crippen LogP contribution in [0.2, 0.25) is 0 Å². The fraction of sp³-hybridized carbons (Fsp3) is 0. The summed E-state index contributed by atoms with van der Waals surface area (Å²) in [4.78, 5) is 44.2. The molecule has 0 aliphatic rings. The van der Waals surface area contributed by atoms with Crippen molar-refractivity contribution >= 4 is 43.6 Å². The van der Waals surface area contributed by atoms with E-state index < -0.39 is 75.6 Å². The number of carbonyl (C=O) groups is 4. The minimum absolute atomic E-state index is 0.205. The largest absolute Gasteiger partial charge is 0.478 e. The van der Waals surface area contributed by atoms with Gasteiger partial charge in [0.25, 0.3) is 0 Å². The zero-order chi connectivity index (χ0) is 31.0. The molecular formula is C28H18O12S2. The Labute approximate surface area is 237 Å². The van der Waals surface area contributed by atoms with Crippen molar-refractivity contribution in [1.82, 2.24) is 0 Å². The Bertz CT molecular complexity index is 1850. The van der Waals surface area contributed by atoms with E-state index in [1.54, 1.807) is 0 Å². The van der Waals surface area contributed by atoms with Crippen LogP contribution >= 0.6 is 0 Å². The molecule has 0 fully saturated rings. The average Bonchev–Trinajstić information content (AvgIpc) is 2.96. The zero-order valence-electron chi connectivity index (χ0n) is 21.0. The predicted molar refractivity (Wildman–Crippen MR) is 144 cm³/mol. The topological polar surface area (TPSA) is 217 Å². The summed E-state index contributed by atoms with van der Waals surface area (Å²) in [5, 5.41) is 36.9. The lowest BCUT2D eigenvalue weighted by Gasteiger charge is -2.10. The highest BCUT2D eigenvalue weighted by Gasteiger charge is 2.25. The summed E-state index contributed by atoms with van der Waals surface area (Å²) >= 11 is 0. The molecule has 0 saturated heterocycles. The second kappa shape index (κ2) is 10.9. The minimum Gasteiger partial charge on any atom is -0.478 e. The number of hydrogen-bond donors (Lipinski definition) is 4. The third-order valence-corrected chi connectivity index (χ3v) is 9.72. The molecule has 214 valence electrons. The van der Waals surface area contributed by atoms with Gasteiger partial charge in [-0.25, -0.2) is 36.0 Å². The molecule has 0 radical (unpaired) electrons. The monoisotopic (exact) mass is 610 g/mol. The van der Waals surface area contributed by atoms with E-state index in [2.05, 4.69) is 0 Å². The molecule has 0 heterocycles. The maximum atomic E-state index is 13.1. The number of carboxylic acids is 4. The molecule has 12 nitrogen and oxygen atoms in total. The molecule has 0 saturated carbocycles. The van der Waals surface area contributed by atoms with E-state index in [-0.39, 0.29) is 9.79 Å². The lowest BCUT2D eigenvalue weighted by atomic mass is 10.1. The molecule has 42 heavy (non-hydrogen) atoms. The van der Waals surface area contributed by atoms with Gasteiger partial charge in [0.05, 0.1) is 41.8 Å². The van der Waals surface area contributed by atoms with Gasteiger partial charge in [-0.05, 0) is 71.8 Å². The van der Waals surface area contributed by atoms with Crippen LogP contribution < -0.4 is 0 Å². The number of benzene rings is 4. The molecule has 14 heteroatoms. The van der Waals surface area contributed by atoms with Crippen LogP contribution in [0.5, 0.6) is 0 Å². The number of rotatable bonds is 9. The van der Waals surface area contributed by atoms with Crippen LogP contribution in [0.3, 0.4) is 0 Å². The quantitative estimate of drug-likeness (QED) is 0.213. The minimum atomic E-state index is -4.23. The second-order valence-electron chi connectivity index (χ2n) is 8.69. The van der Waals surface area contributed by atoms with Crippen molar-refractivity contribution in [2.24, 2.45) is 0 Å². The highest BCUT2D eigenvalue weighted by Crippen LogP contribution is 2.29. The molecular weight excluding hydrogens is 592 g/mol. The molecule has 0 aliphatic carbocycles. The third-order valence-electron chi connectivity index (χ3n) is 6.19. The molecule has 0 atom stereocenters. The molecule has 4 N–H and O–H groups in total. The van der Waals surface area contributed by atoms with Crippen LogP contribution in [0, 0.1) is 0 Å². The van der Waals surface area contributed by atoms with Crippen LogP contribution in [-0.2, 0) is 19.7 Å². The van der Waals surface area contributed by atoms with Gasteiger partial charge in [0.2, 0.25) is 19.7 Å². The van der Waals surface area contributed by atoms with E-state index in [1.165, 1.54) is 48.5 Å². The lowest BCUT2D eigenvalue weighted by molar-refractivity contribution is 0.0651. The van der Waals surface area contributed by atoms with Crippen LogP contribution in [-0.4, -0.2) is 61.1 Å². The standard InChI is InChI=1S/C28H18O12S2/c29-25(30)21-11-9-19(13-23(21)27(33)34)41(37,38)17-5-1-15(2-6-17)16-3-7-18(8-4-16)42(39,40)20-10-12-22(26(31)32)24(14-20)28(35)36/h1-14H,(H,29,30)(H,31,32)(H,33,34)(H,35,36). The first-order valence-corrected chi connectivity index (χ1v) is 14.5. The Balaban J connectivity index is 1.63. The summed E-state index contributed by atoms with van der Waals surface area (Å²) in [5.74, 6) is -6.27. The van der Waals surface area contributed by atoms with Crippen molar-refractivity contribution in [2.45, 2.75) is 19.6 Å². The summed E-state index contributed by atoms with van der Waals surface area (Å²) in [6.07, 6.45) is 0. The summed E-state index contributed by atoms with van der Waals surface area (Å²) < 4.78 is 52.3. The number of carboxylic acid groups (broad SMARTS) is 4.